The normalized spacial score (nSPS) is 13.0. The topological polar surface area (TPSA) is 34.1 Å². The number of thiocarbonyl (C=S) groups is 1. The monoisotopic (exact) mass is 400 g/mol. The van der Waals surface area contributed by atoms with E-state index in [0.717, 1.165) is 15.4 Å². The van der Waals surface area contributed by atoms with Crippen LogP contribution in [0.3, 0.4) is 0 Å². The van der Waals surface area contributed by atoms with Crippen LogP contribution in [0.15, 0.2) is 28.9 Å². The van der Waals surface area contributed by atoms with Crippen LogP contribution in [0.2, 0.25) is 5.02 Å². The zero-order valence-corrected chi connectivity index (χ0v) is 16.1. The Morgan fingerprint density at radius 3 is 2.68 bits per heavy atom. The Hall–Kier alpha value is -0.910. The van der Waals surface area contributed by atoms with Crippen molar-refractivity contribution in [3.63, 3.8) is 0 Å². The van der Waals surface area contributed by atoms with E-state index in [4.69, 9.17) is 28.6 Å². The summed E-state index contributed by atoms with van der Waals surface area (Å²) in [5.74, 6) is 0.669. The van der Waals surface area contributed by atoms with Crippen molar-refractivity contribution in [2.45, 2.75) is 39.3 Å². The first-order chi connectivity index (χ1) is 10.2. The lowest BCUT2D eigenvalue weighted by atomic mass is 10.1. The van der Waals surface area contributed by atoms with Gasteiger partial charge in [0.15, 0.2) is 0 Å². The summed E-state index contributed by atoms with van der Waals surface area (Å²) in [7, 11) is 0. The first-order valence-corrected chi connectivity index (χ1v) is 8.47. The fraction of sp³-hybridized carbons (Fsp3) is 0.375. The number of rotatable bonds is 3. The Morgan fingerprint density at radius 2 is 2.05 bits per heavy atom. The maximum Gasteiger partial charge on any atom is 0.146 e. The molecule has 0 amide bonds. The van der Waals surface area contributed by atoms with E-state index in [0.29, 0.717) is 15.8 Å². The van der Waals surface area contributed by atoms with Gasteiger partial charge in [0.2, 0.25) is 0 Å². The Balaban J connectivity index is 2.22. The van der Waals surface area contributed by atoms with E-state index in [9.17, 15) is 0 Å². The van der Waals surface area contributed by atoms with E-state index >= 15 is 0 Å². The lowest BCUT2D eigenvalue weighted by molar-refractivity contribution is 0.281. The highest BCUT2D eigenvalue weighted by Crippen LogP contribution is 2.30. The fourth-order valence-electron chi connectivity index (χ4n) is 1.95. The standard InChI is InChI=1S/C16H18BrClN2OS/c1-9(15(22)20-16(2,3)4)21-12-6-10-5-11(17)8-19-14(10)13(18)7-12/h5-9H,1-4H3,(H,20,22). The minimum Gasteiger partial charge on any atom is -0.484 e. The molecule has 0 fully saturated rings. The summed E-state index contributed by atoms with van der Waals surface area (Å²) < 4.78 is 6.81. The Morgan fingerprint density at radius 1 is 1.36 bits per heavy atom. The molecule has 3 nitrogen and oxygen atoms in total. The molecule has 1 aromatic heterocycles. The molecule has 1 unspecified atom stereocenters. The number of aromatic nitrogens is 1. The molecule has 1 N–H and O–H groups in total. The van der Waals surface area contributed by atoms with Gasteiger partial charge in [-0.15, -0.1) is 0 Å². The number of halogens is 2. The summed E-state index contributed by atoms with van der Waals surface area (Å²) in [6, 6.07) is 5.63. The lowest BCUT2D eigenvalue weighted by Crippen LogP contribution is -2.45. The van der Waals surface area contributed by atoms with Crippen molar-refractivity contribution in [2.24, 2.45) is 0 Å². The number of nitrogens with one attached hydrogen (secondary N) is 1. The van der Waals surface area contributed by atoms with Crippen LogP contribution < -0.4 is 10.1 Å². The van der Waals surface area contributed by atoms with Gasteiger partial charge in [-0.25, -0.2) is 0 Å². The van der Waals surface area contributed by atoms with Gasteiger partial charge in [0.1, 0.15) is 16.8 Å². The van der Waals surface area contributed by atoms with Gasteiger partial charge in [0.05, 0.1) is 10.5 Å². The molecule has 0 aliphatic rings. The number of fused-ring (bicyclic) bond motifs is 1. The summed E-state index contributed by atoms with van der Waals surface area (Å²) in [6.07, 6.45) is 1.47. The summed E-state index contributed by atoms with van der Waals surface area (Å²) >= 11 is 15.1. The SMILES string of the molecule is CC(Oc1cc(Cl)c2ncc(Br)cc2c1)C(=S)NC(C)(C)C. The van der Waals surface area contributed by atoms with Gasteiger partial charge in [0, 0.05) is 27.7 Å². The summed E-state index contributed by atoms with van der Waals surface area (Å²) in [6.45, 7) is 8.09. The molecule has 1 atom stereocenters. The van der Waals surface area contributed by atoms with Crippen molar-refractivity contribution in [1.82, 2.24) is 10.3 Å². The van der Waals surface area contributed by atoms with Crippen LogP contribution in [0, 0.1) is 0 Å². The third-order valence-electron chi connectivity index (χ3n) is 2.86. The van der Waals surface area contributed by atoms with Crippen LogP contribution in [-0.2, 0) is 0 Å². The van der Waals surface area contributed by atoms with Crippen molar-refractivity contribution in [3.8, 4) is 5.75 Å². The van der Waals surface area contributed by atoms with Crippen molar-refractivity contribution in [2.75, 3.05) is 0 Å². The second-order valence-corrected chi connectivity index (χ2v) is 7.89. The minimum absolute atomic E-state index is 0.0927. The molecule has 1 heterocycles. The van der Waals surface area contributed by atoms with Crippen LogP contribution in [0.5, 0.6) is 5.75 Å². The number of benzene rings is 1. The van der Waals surface area contributed by atoms with E-state index in [1.54, 1.807) is 12.3 Å². The van der Waals surface area contributed by atoms with Crippen LogP contribution in [0.1, 0.15) is 27.7 Å². The van der Waals surface area contributed by atoms with Gasteiger partial charge >= 0.3 is 0 Å². The molecule has 1 aromatic carbocycles. The molecule has 118 valence electrons. The minimum atomic E-state index is -0.247. The average molecular weight is 402 g/mol. The smallest absolute Gasteiger partial charge is 0.146 e. The van der Waals surface area contributed by atoms with Crippen LogP contribution in [-0.4, -0.2) is 21.6 Å². The third kappa shape index (κ3) is 4.54. The number of nitrogens with zero attached hydrogens (tertiary/aromatic N) is 1. The van der Waals surface area contributed by atoms with Gasteiger partial charge in [-0.3, -0.25) is 4.98 Å². The maximum absolute atomic E-state index is 6.28. The molecular formula is C16H18BrClN2OS. The molecule has 22 heavy (non-hydrogen) atoms. The number of hydrogen-bond acceptors (Lipinski definition) is 3. The van der Waals surface area contributed by atoms with Crippen molar-refractivity contribution >= 4 is 55.6 Å². The zero-order chi connectivity index (χ0) is 16.5. The van der Waals surface area contributed by atoms with Crippen molar-refractivity contribution < 1.29 is 4.74 Å². The third-order valence-corrected chi connectivity index (χ3v) is 4.01. The second kappa shape index (κ2) is 6.69. The average Bonchev–Trinajstić information content (AvgIpc) is 2.35. The molecule has 0 radical (unpaired) electrons. The van der Waals surface area contributed by atoms with E-state index in [1.165, 1.54) is 0 Å². The highest BCUT2D eigenvalue weighted by molar-refractivity contribution is 9.10. The summed E-state index contributed by atoms with van der Waals surface area (Å²) in [4.78, 5) is 4.97. The zero-order valence-electron chi connectivity index (χ0n) is 12.9. The predicted molar refractivity (Wildman–Crippen MR) is 100 cm³/mol. The van der Waals surface area contributed by atoms with Gasteiger partial charge in [-0.05, 0) is 55.8 Å². The van der Waals surface area contributed by atoms with Crippen LogP contribution >= 0.6 is 39.7 Å². The molecule has 2 rings (SSSR count). The van der Waals surface area contributed by atoms with E-state index in [1.807, 2.05) is 19.1 Å². The first kappa shape index (κ1) is 17.4. The highest BCUT2D eigenvalue weighted by atomic mass is 79.9. The van der Waals surface area contributed by atoms with Gasteiger partial charge < -0.3 is 10.1 Å². The maximum atomic E-state index is 6.28. The number of pyridine rings is 1. The van der Waals surface area contributed by atoms with E-state index in [-0.39, 0.29) is 11.6 Å². The summed E-state index contributed by atoms with van der Waals surface area (Å²) in [5.41, 5.74) is 0.658. The lowest BCUT2D eigenvalue weighted by Gasteiger charge is -2.26. The molecule has 0 saturated heterocycles. The van der Waals surface area contributed by atoms with Gasteiger partial charge in [0.25, 0.3) is 0 Å². The molecule has 6 heteroatoms. The second-order valence-electron chi connectivity index (χ2n) is 6.13. The van der Waals surface area contributed by atoms with E-state index in [2.05, 4.69) is 47.0 Å². The number of hydrogen-bond donors (Lipinski definition) is 1. The van der Waals surface area contributed by atoms with E-state index < -0.39 is 0 Å². The molecule has 2 aromatic rings. The molecule has 0 aliphatic carbocycles. The Kier molecular flexibility index (Phi) is 5.30. The van der Waals surface area contributed by atoms with Crippen molar-refractivity contribution in [1.29, 1.82) is 0 Å². The molecule has 0 saturated carbocycles. The number of ether oxygens (including phenoxy) is 1. The fourth-order valence-corrected chi connectivity index (χ4v) is 2.92. The van der Waals surface area contributed by atoms with Gasteiger partial charge in [-0.2, -0.15) is 0 Å². The van der Waals surface area contributed by atoms with Crippen molar-refractivity contribution in [3.05, 3.63) is 33.9 Å². The van der Waals surface area contributed by atoms with Crippen LogP contribution in [0.25, 0.3) is 10.9 Å². The van der Waals surface area contributed by atoms with Crippen LogP contribution in [0.4, 0.5) is 0 Å². The molecule has 0 bridgehead atoms. The first-order valence-electron chi connectivity index (χ1n) is 6.89. The molecular weight excluding hydrogens is 384 g/mol. The highest BCUT2D eigenvalue weighted by Gasteiger charge is 2.17. The Labute approximate surface area is 149 Å². The quantitative estimate of drug-likeness (QED) is 0.723. The van der Waals surface area contributed by atoms with Gasteiger partial charge in [-0.1, -0.05) is 23.8 Å². The molecule has 0 aliphatic heterocycles. The summed E-state index contributed by atoms with van der Waals surface area (Å²) in [5, 5.41) is 4.73. The largest absolute Gasteiger partial charge is 0.484 e. The Bertz CT molecular complexity index is 715. The molecule has 0 spiro atoms. The predicted octanol–water partition coefficient (Wildman–Crippen LogP) is 5.13.